The Hall–Kier alpha value is 0.177. The van der Waals surface area contributed by atoms with Crippen LogP contribution in [0.2, 0.25) is 13.1 Å². The molecular weight excluding hydrogens is 152 g/mol. The van der Waals surface area contributed by atoms with Gasteiger partial charge in [0.1, 0.15) is 0 Å². The lowest BCUT2D eigenvalue weighted by molar-refractivity contribution is 0.239. The first-order valence-corrected chi connectivity index (χ1v) is 7.04. The fraction of sp³-hybridized carbons (Fsp3) is 1.00. The van der Waals surface area contributed by atoms with Crippen LogP contribution in [0.25, 0.3) is 0 Å². The van der Waals surface area contributed by atoms with Gasteiger partial charge in [-0.05, 0) is 25.4 Å². The van der Waals surface area contributed by atoms with E-state index in [2.05, 4.69) is 26.9 Å². The molecule has 0 saturated heterocycles. The summed E-state index contributed by atoms with van der Waals surface area (Å²) in [5, 5.41) is 0. The minimum atomic E-state index is -0.458. The van der Waals surface area contributed by atoms with Gasteiger partial charge in [0.05, 0.1) is 0 Å². The van der Waals surface area contributed by atoms with Crippen LogP contribution in [0.5, 0.6) is 0 Å². The van der Waals surface area contributed by atoms with Crippen LogP contribution in [-0.2, 0) is 4.43 Å². The lowest BCUT2D eigenvalue weighted by Gasteiger charge is -2.15. The van der Waals surface area contributed by atoms with E-state index in [1.165, 1.54) is 19.3 Å². The quantitative estimate of drug-likeness (QED) is 0.561. The molecule has 0 N–H and O–H groups in total. The summed E-state index contributed by atoms with van der Waals surface area (Å²) in [5.74, 6) is 0.805. The van der Waals surface area contributed by atoms with Crippen LogP contribution in [0.1, 0.15) is 33.1 Å². The second kappa shape index (κ2) is 6.86. The average Bonchev–Trinajstić information content (AvgIpc) is 1.97. The second-order valence-corrected chi connectivity index (χ2v) is 5.39. The Morgan fingerprint density at radius 2 is 1.91 bits per heavy atom. The highest BCUT2D eigenvalue weighted by Crippen LogP contribution is 2.11. The molecule has 2 heteroatoms. The predicted molar refractivity (Wildman–Crippen MR) is 52.1 cm³/mol. The Kier molecular flexibility index (Phi) is 6.97. The van der Waals surface area contributed by atoms with E-state index in [1.807, 2.05) is 0 Å². The van der Waals surface area contributed by atoms with Crippen molar-refractivity contribution in [3.63, 3.8) is 0 Å². The lowest BCUT2D eigenvalue weighted by atomic mass is 10.0. The van der Waals surface area contributed by atoms with E-state index in [1.54, 1.807) is 0 Å². The van der Waals surface area contributed by atoms with Gasteiger partial charge in [0.15, 0.2) is 0 Å². The van der Waals surface area contributed by atoms with E-state index in [4.69, 9.17) is 4.43 Å². The molecular formula is C9H21OSi. The van der Waals surface area contributed by atoms with E-state index in [-0.39, 0.29) is 0 Å². The second-order valence-electron chi connectivity index (χ2n) is 3.28. The molecule has 0 rings (SSSR count). The largest absolute Gasteiger partial charge is 0.417 e. The summed E-state index contributed by atoms with van der Waals surface area (Å²) in [5.41, 5.74) is 0. The minimum Gasteiger partial charge on any atom is -0.417 e. The molecule has 1 radical (unpaired) electrons. The summed E-state index contributed by atoms with van der Waals surface area (Å²) in [4.78, 5) is 0. The van der Waals surface area contributed by atoms with Gasteiger partial charge in [0.25, 0.3) is 0 Å². The Morgan fingerprint density at radius 1 is 1.27 bits per heavy atom. The Morgan fingerprint density at radius 3 is 2.27 bits per heavy atom. The van der Waals surface area contributed by atoms with Crippen molar-refractivity contribution < 1.29 is 4.43 Å². The molecule has 0 bridgehead atoms. The zero-order chi connectivity index (χ0) is 8.69. The van der Waals surface area contributed by atoms with Gasteiger partial charge in [-0.2, -0.15) is 0 Å². The zero-order valence-corrected chi connectivity index (χ0v) is 9.31. The van der Waals surface area contributed by atoms with Crippen LogP contribution in [0.3, 0.4) is 0 Å². The molecule has 1 unspecified atom stereocenters. The van der Waals surface area contributed by atoms with E-state index in [0.717, 1.165) is 12.5 Å². The first kappa shape index (κ1) is 11.2. The van der Waals surface area contributed by atoms with Crippen LogP contribution in [-0.4, -0.2) is 15.6 Å². The fourth-order valence-corrected chi connectivity index (χ4v) is 1.67. The Labute approximate surface area is 72.9 Å². The Balaban J connectivity index is 3.35. The van der Waals surface area contributed by atoms with Crippen LogP contribution >= 0.6 is 0 Å². The van der Waals surface area contributed by atoms with Crippen molar-refractivity contribution in [1.29, 1.82) is 0 Å². The van der Waals surface area contributed by atoms with Gasteiger partial charge in [0.2, 0.25) is 9.04 Å². The van der Waals surface area contributed by atoms with Crippen molar-refractivity contribution in [2.24, 2.45) is 5.92 Å². The molecule has 0 aromatic heterocycles. The smallest absolute Gasteiger partial charge is 0.204 e. The summed E-state index contributed by atoms with van der Waals surface area (Å²) >= 11 is 0. The van der Waals surface area contributed by atoms with Crippen LogP contribution in [0, 0.1) is 5.92 Å². The summed E-state index contributed by atoms with van der Waals surface area (Å²) in [6, 6.07) is 0. The maximum absolute atomic E-state index is 5.65. The monoisotopic (exact) mass is 173 g/mol. The van der Waals surface area contributed by atoms with Gasteiger partial charge >= 0.3 is 0 Å². The molecule has 0 saturated carbocycles. The molecule has 1 nitrogen and oxygen atoms in total. The first-order chi connectivity index (χ1) is 5.20. The molecule has 0 heterocycles. The van der Waals surface area contributed by atoms with Gasteiger partial charge in [-0.15, -0.1) is 0 Å². The van der Waals surface area contributed by atoms with Crippen LogP contribution in [0.4, 0.5) is 0 Å². The highest BCUT2D eigenvalue weighted by atomic mass is 28.3. The van der Waals surface area contributed by atoms with Crippen LogP contribution < -0.4 is 0 Å². The van der Waals surface area contributed by atoms with Crippen molar-refractivity contribution in [2.45, 2.75) is 46.2 Å². The lowest BCUT2D eigenvalue weighted by Crippen LogP contribution is -2.15. The summed E-state index contributed by atoms with van der Waals surface area (Å²) in [6.07, 6.45) is 3.88. The number of rotatable bonds is 6. The SMILES string of the molecule is CCCC(CC)CO[Si](C)C. The molecule has 0 aliphatic carbocycles. The van der Waals surface area contributed by atoms with Gasteiger partial charge < -0.3 is 4.43 Å². The first-order valence-electron chi connectivity index (χ1n) is 4.63. The summed E-state index contributed by atoms with van der Waals surface area (Å²) in [6.45, 7) is 9.88. The molecule has 0 aliphatic rings. The van der Waals surface area contributed by atoms with Crippen LogP contribution in [0.15, 0.2) is 0 Å². The minimum absolute atomic E-state index is 0.458. The standard InChI is InChI=1S/C9H21OSi/c1-5-7-9(6-2)8-10-11(3)4/h9H,5-8H2,1-4H3. The average molecular weight is 173 g/mol. The van der Waals surface area contributed by atoms with E-state index in [9.17, 15) is 0 Å². The molecule has 67 valence electrons. The number of hydrogen-bond donors (Lipinski definition) is 0. The van der Waals surface area contributed by atoms with Gasteiger partial charge in [-0.3, -0.25) is 0 Å². The van der Waals surface area contributed by atoms with E-state index >= 15 is 0 Å². The molecule has 1 atom stereocenters. The number of hydrogen-bond acceptors (Lipinski definition) is 1. The molecule has 0 aromatic carbocycles. The van der Waals surface area contributed by atoms with Crippen molar-refractivity contribution in [2.75, 3.05) is 6.61 Å². The summed E-state index contributed by atoms with van der Waals surface area (Å²) in [7, 11) is -0.458. The molecule has 0 aromatic rings. The summed E-state index contributed by atoms with van der Waals surface area (Å²) < 4.78 is 5.65. The molecule has 0 amide bonds. The zero-order valence-electron chi connectivity index (χ0n) is 8.31. The van der Waals surface area contributed by atoms with Gasteiger partial charge in [-0.25, -0.2) is 0 Å². The highest BCUT2D eigenvalue weighted by Gasteiger charge is 2.06. The molecule has 0 spiro atoms. The van der Waals surface area contributed by atoms with Crippen molar-refractivity contribution in [3.05, 3.63) is 0 Å². The molecule has 0 aliphatic heterocycles. The third-order valence-electron chi connectivity index (χ3n) is 1.88. The van der Waals surface area contributed by atoms with Crippen molar-refractivity contribution in [3.8, 4) is 0 Å². The predicted octanol–water partition coefficient (Wildman–Crippen LogP) is 3.08. The molecule has 11 heavy (non-hydrogen) atoms. The Bertz CT molecular complexity index is 83.6. The van der Waals surface area contributed by atoms with Gasteiger partial charge in [-0.1, -0.05) is 26.7 Å². The van der Waals surface area contributed by atoms with Gasteiger partial charge in [0, 0.05) is 6.61 Å². The topological polar surface area (TPSA) is 9.23 Å². The maximum Gasteiger partial charge on any atom is 0.204 e. The molecule has 0 fully saturated rings. The van der Waals surface area contributed by atoms with Crippen molar-refractivity contribution >= 4 is 9.04 Å². The third kappa shape index (κ3) is 6.57. The van der Waals surface area contributed by atoms with E-state index in [0.29, 0.717) is 0 Å². The fourth-order valence-electron chi connectivity index (χ4n) is 1.10. The third-order valence-corrected chi connectivity index (χ3v) is 2.63. The van der Waals surface area contributed by atoms with E-state index < -0.39 is 9.04 Å². The normalized spacial score (nSPS) is 13.9. The maximum atomic E-state index is 5.65. The highest BCUT2D eigenvalue weighted by molar-refractivity contribution is 6.48. The van der Waals surface area contributed by atoms with Crippen molar-refractivity contribution in [1.82, 2.24) is 0 Å².